The van der Waals surface area contributed by atoms with Gasteiger partial charge in [0, 0.05) is 0 Å². The molecule has 0 amide bonds. The molecule has 7 aliphatic carbocycles. The summed E-state index contributed by atoms with van der Waals surface area (Å²) in [7, 11) is 0. The maximum Gasteiger partial charge on any atom is 0.344 e. The third-order valence-corrected chi connectivity index (χ3v) is 30.5. The highest BCUT2D eigenvalue weighted by Crippen LogP contribution is 2.41. The topological polar surface area (TPSA) is 439 Å². The first-order valence-electron chi connectivity index (χ1n) is 55.2. The SMILES string of the molecule is CCC(C)(C)C(=O)OCC(=O)OC1(C)CCCC1.CCC(C)(C)C(=O)OCC(=O)OCC(=O)OC1(C)CCCC1.CCC(C)(C)C(=O)OCCC(=O)OC1(C)CCCC1.CCC(C)(C)C(=O)OCCOCC(=O)OC1(C)CCCC1.CCC1(OC(=O)CCOC(=O)C(C)(C)CC)CCCCC1.CCC1(OC(=O)COC(=O)COC(=O)C(C)(C)CC)CCCCC1.CCC1(OC(=O)COCCOC(=O)C(C)(C)CC)CCCCC1. The number of hydrogen-bond acceptors (Lipinski definition) is 34. The Morgan fingerprint density at radius 2 is 0.351 bits per heavy atom. The van der Waals surface area contributed by atoms with Crippen molar-refractivity contribution >= 4 is 95.5 Å². The molecule has 0 N–H and O–H groups in total. The number of hydrogen-bond donors (Lipinski definition) is 0. The summed E-state index contributed by atoms with van der Waals surface area (Å²) in [6.45, 7) is 51.3. The largest absolute Gasteiger partial charge is 0.465 e. The monoisotopic (exact) mass is 2110 g/mol. The highest BCUT2D eigenvalue weighted by Gasteiger charge is 2.43. The molecule has 0 bridgehead atoms. The van der Waals surface area contributed by atoms with E-state index in [-0.39, 0.29) is 154 Å². The van der Waals surface area contributed by atoms with Crippen LogP contribution < -0.4 is 0 Å². The lowest BCUT2D eigenvalue weighted by Crippen LogP contribution is -2.38. The molecule has 0 saturated heterocycles. The minimum absolute atomic E-state index is 0.0868. The predicted octanol–water partition coefficient (Wildman–Crippen LogP) is 22.1. The molecule has 856 valence electrons. The van der Waals surface area contributed by atoms with Crippen LogP contribution in [-0.2, 0) is 162 Å². The molecule has 7 saturated carbocycles. The van der Waals surface area contributed by atoms with Gasteiger partial charge in [-0.3, -0.25) is 43.2 Å². The molecule has 0 aromatic heterocycles. The average molecular weight is 2110 g/mol. The highest BCUT2D eigenvalue weighted by atomic mass is 16.6. The van der Waals surface area contributed by atoms with Crippen molar-refractivity contribution in [2.24, 2.45) is 37.9 Å². The summed E-state index contributed by atoms with van der Waals surface area (Å²) in [5.74, 6) is -6.52. The summed E-state index contributed by atoms with van der Waals surface area (Å²) in [5.41, 5.74) is -6.17. The Labute approximate surface area is 886 Å². The van der Waals surface area contributed by atoms with E-state index in [2.05, 4.69) is 13.8 Å². The van der Waals surface area contributed by atoms with Gasteiger partial charge < -0.3 is 85.3 Å². The van der Waals surface area contributed by atoms with Crippen molar-refractivity contribution < 1.29 is 162 Å². The van der Waals surface area contributed by atoms with Crippen LogP contribution in [0.4, 0.5) is 0 Å². The molecule has 0 aromatic rings. The fourth-order valence-corrected chi connectivity index (χ4v) is 16.4. The fraction of sp³-hybridized carbons (Fsp3) is 0.860. The minimum atomic E-state index is -0.756. The van der Waals surface area contributed by atoms with Crippen molar-refractivity contribution in [2.45, 2.75) is 509 Å². The zero-order chi connectivity index (χ0) is 113. The van der Waals surface area contributed by atoms with Crippen molar-refractivity contribution in [1.29, 1.82) is 0 Å². The lowest BCUT2D eigenvalue weighted by Gasteiger charge is -2.36. The van der Waals surface area contributed by atoms with Crippen molar-refractivity contribution in [2.75, 3.05) is 85.9 Å². The van der Waals surface area contributed by atoms with Crippen LogP contribution in [0.3, 0.4) is 0 Å². The van der Waals surface area contributed by atoms with E-state index < -0.39 is 117 Å². The predicted molar refractivity (Wildman–Crippen MR) is 556 cm³/mol. The Kier molecular flexibility index (Phi) is 62.3. The summed E-state index contributed by atoms with van der Waals surface area (Å²) in [4.78, 5) is 188. The fourth-order valence-electron chi connectivity index (χ4n) is 16.4. The van der Waals surface area contributed by atoms with Crippen molar-refractivity contribution in [3.8, 4) is 0 Å². The summed E-state index contributed by atoms with van der Waals surface area (Å²) in [6.07, 6.45) is 39.0. The second kappa shape index (κ2) is 67.1. The van der Waals surface area contributed by atoms with Gasteiger partial charge in [0.15, 0.2) is 33.0 Å². The maximum atomic E-state index is 12.0. The summed E-state index contributed by atoms with van der Waals surface area (Å²) >= 11 is 0. The van der Waals surface area contributed by atoms with Crippen molar-refractivity contribution in [3.05, 3.63) is 0 Å². The average Bonchev–Trinajstić information content (AvgIpc) is 1.63. The molecule has 148 heavy (non-hydrogen) atoms. The van der Waals surface area contributed by atoms with E-state index in [1.54, 1.807) is 41.5 Å². The molecule has 0 atom stereocenters. The first kappa shape index (κ1) is 137. The molecule has 7 aliphatic rings. The lowest BCUT2D eigenvalue weighted by atomic mass is 9.83. The Morgan fingerprint density at radius 3 is 0.581 bits per heavy atom. The molecule has 0 aromatic carbocycles. The van der Waals surface area contributed by atoms with Gasteiger partial charge >= 0.3 is 95.5 Å². The number of carbonyl (C=O) groups excluding carboxylic acids is 16. The smallest absolute Gasteiger partial charge is 0.344 e. The second-order valence-corrected chi connectivity index (χ2v) is 46.1. The second-order valence-electron chi connectivity index (χ2n) is 46.1. The van der Waals surface area contributed by atoms with Crippen LogP contribution in [0.1, 0.15) is 470 Å². The first-order chi connectivity index (χ1) is 69.0. The highest BCUT2D eigenvalue weighted by molar-refractivity contribution is 5.84. The standard InChI is InChI=1S/C18H30O6.C18H32O5.C17H30O4.C16H26O6.C16H28O5.C15H26O4.C14H24O4/c1-5-17(3,4)16(21)23-12-14(19)22-13-15(20)24-18(6-2)10-8-7-9-11-18;1-5-17(3,4)16(20)22-13-12-21-14-15(19)23-18(6-2)10-8-7-9-11-18;1-5-16(3,4)15(19)20-13-10-14(18)21-17(6-2)11-8-7-9-12-17;1-5-15(2,3)14(19)21-10-12(17)20-11-13(18)22-16(4)8-6-7-9-16;1-5-15(2,3)14(18)20-11-10-19-12-13(17)21-16(4)8-6-7-9-16;1-5-14(2,3)13(17)18-11-8-12(16)19-15(4)9-6-7-10-15;1-5-13(2,3)12(16)17-10-11(15)18-14(4)8-6-7-9-14/h5-13H2,1-4H3;5-14H2,1-4H3;5-13H2,1-4H3;5-11H2,1-4H3;5-12H2,1-4H3;5-11H2,1-4H3;5-10H2,1-4H3. The Balaban J connectivity index is 0.000000865. The molecule has 0 aliphatic heterocycles. The minimum Gasteiger partial charge on any atom is -0.465 e. The number of rotatable bonds is 50. The van der Waals surface area contributed by atoms with Crippen LogP contribution in [-0.4, -0.2) is 221 Å². The summed E-state index contributed by atoms with van der Waals surface area (Å²) in [5, 5.41) is 0. The Hall–Kier alpha value is -8.56. The van der Waals surface area contributed by atoms with Gasteiger partial charge in [-0.25, -0.2) is 33.6 Å². The molecular weight excluding hydrogens is 1910 g/mol. The normalized spacial score (nSPS) is 17.6. The van der Waals surface area contributed by atoms with E-state index >= 15 is 0 Å². The van der Waals surface area contributed by atoms with E-state index in [0.717, 1.165) is 225 Å². The van der Waals surface area contributed by atoms with E-state index in [1.807, 2.05) is 138 Å². The van der Waals surface area contributed by atoms with Crippen LogP contribution in [0.2, 0.25) is 0 Å². The maximum absolute atomic E-state index is 12.0. The van der Waals surface area contributed by atoms with E-state index in [9.17, 15) is 76.7 Å². The third kappa shape index (κ3) is 54.1. The zero-order valence-corrected chi connectivity index (χ0v) is 96.5. The van der Waals surface area contributed by atoms with Gasteiger partial charge in [-0.05, 0) is 369 Å². The molecule has 0 radical (unpaired) electrons. The molecular formula is C114H196O34. The van der Waals surface area contributed by atoms with Gasteiger partial charge in [-0.15, -0.1) is 0 Å². The first-order valence-corrected chi connectivity index (χ1v) is 55.2. The quantitative estimate of drug-likeness (QED) is 0.0310. The van der Waals surface area contributed by atoms with Crippen molar-refractivity contribution in [3.63, 3.8) is 0 Å². The van der Waals surface area contributed by atoms with Crippen molar-refractivity contribution in [1.82, 2.24) is 0 Å². The Bertz CT molecular complexity index is 4030. The summed E-state index contributed by atoms with van der Waals surface area (Å²) < 4.78 is 93.9. The van der Waals surface area contributed by atoms with Crippen LogP contribution in [0.15, 0.2) is 0 Å². The Morgan fingerprint density at radius 1 is 0.182 bits per heavy atom. The van der Waals surface area contributed by atoms with Gasteiger partial charge in [0.25, 0.3) is 0 Å². The molecule has 0 spiro atoms. The molecule has 0 unspecified atom stereocenters. The summed E-state index contributed by atoms with van der Waals surface area (Å²) in [6, 6.07) is 0. The van der Waals surface area contributed by atoms with Crippen LogP contribution in [0, 0.1) is 37.9 Å². The van der Waals surface area contributed by atoms with Gasteiger partial charge in [-0.2, -0.15) is 0 Å². The number of carbonyl (C=O) groups is 16. The van der Waals surface area contributed by atoms with Crippen LogP contribution in [0.25, 0.3) is 0 Å². The van der Waals surface area contributed by atoms with E-state index in [1.165, 1.54) is 12.8 Å². The molecule has 34 nitrogen and oxygen atoms in total. The zero-order valence-electron chi connectivity index (χ0n) is 96.5. The van der Waals surface area contributed by atoms with Crippen LogP contribution >= 0.6 is 0 Å². The van der Waals surface area contributed by atoms with Gasteiger partial charge in [0.2, 0.25) is 0 Å². The molecule has 7 rings (SSSR count). The van der Waals surface area contributed by atoms with Gasteiger partial charge in [-0.1, -0.05) is 88.5 Å². The molecule has 34 heteroatoms. The van der Waals surface area contributed by atoms with Gasteiger partial charge in [0.1, 0.15) is 78.8 Å². The molecule has 7 fully saturated rings. The van der Waals surface area contributed by atoms with E-state index in [4.69, 9.17) is 85.3 Å². The number of ether oxygens (including phenoxy) is 18. The number of esters is 16. The van der Waals surface area contributed by atoms with E-state index in [0.29, 0.717) is 25.7 Å². The molecule has 0 heterocycles. The lowest BCUT2D eigenvalue weighted by molar-refractivity contribution is -0.176. The van der Waals surface area contributed by atoms with Gasteiger partial charge in [0.05, 0.1) is 64.0 Å². The third-order valence-electron chi connectivity index (χ3n) is 30.5. The van der Waals surface area contributed by atoms with Crippen LogP contribution in [0.5, 0.6) is 0 Å².